The third-order valence-corrected chi connectivity index (χ3v) is 7.72. The zero-order valence-corrected chi connectivity index (χ0v) is 11.4. The SMILES string of the molecule is CCNCCC[Si](CC)(CC)OCC. The molecule has 14 heavy (non-hydrogen) atoms. The Bertz CT molecular complexity index is 126. The summed E-state index contributed by atoms with van der Waals surface area (Å²) in [5.74, 6) is 0. The zero-order chi connectivity index (χ0) is 10.9. The predicted octanol–water partition coefficient (Wildman–Crippen LogP) is 3.01. The van der Waals surface area contributed by atoms with Gasteiger partial charge < -0.3 is 9.74 Å². The van der Waals surface area contributed by atoms with Crippen LogP contribution in [-0.4, -0.2) is 28.0 Å². The Kier molecular flexibility index (Phi) is 8.53. The van der Waals surface area contributed by atoms with Crippen molar-refractivity contribution >= 4 is 8.32 Å². The second kappa shape index (κ2) is 8.45. The molecule has 0 atom stereocenters. The highest BCUT2D eigenvalue weighted by Gasteiger charge is 2.29. The average molecular weight is 217 g/mol. The van der Waals surface area contributed by atoms with Crippen LogP contribution in [0.2, 0.25) is 18.1 Å². The molecule has 3 heteroatoms. The first-order valence-corrected chi connectivity index (χ1v) is 8.62. The summed E-state index contributed by atoms with van der Waals surface area (Å²) >= 11 is 0. The molecule has 0 aliphatic heterocycles. The van der Waals surface area contributed by atoms with E-state index < -0.39 is 8.32 Å². The summed E-state index contributed by atoms with van der Waals surface area (Å²) in [5.41, 5.74) is 0. The van der Waals surface area contributed by atoms with Crippen molar-refractivity contribution in [3.63, 3.8) is 0 Å². The fourth-order valence-corrected chi connectivity index (χ4v) is 5.09. The smallest absolute Gasteiger partial charge is 0.192 e. The molecule has 0 radical (unpaired) electrons. The molecule has 86 valence electrons. The Morgan fingerprint density at radius 3 is 2.14 bits per heavy atom. The molecular weight excluding hydrogens is 190 g/mol. The van der Waals surface area contributed by atoms with Gasteiger partial charge in [-0.3, -0.25) is 0 Å². The fourth-order valence-electron chi connectivity index (χ4n) is 1.90. The summed E-state index contributed by atoms with van der Waals surface area (Å²) in [4.78, 5) is 0. The van der Waals surface area contributed by atoms with Gasteiger partial charge in [0.1, 0.15) is 0 Å². The van der Waals surface area contributed by atoms with Crippen LogP contribution in [0.15, 0.2) is 0 Å². The molecule has 0 unspecified atom stereocenters. The molecular formula is C11H27NOSi. The van der Waals surface area contributed by atoms with E-state index in [-0.39, 0.29) is 0 Å². The first-order chi connectivity index (χ1) is 6.74. The molecule has 2 nitrogen and oxygen atoms in total. The molecule has 0 aliphatic rings. The van der Waals surface area contributed by atoms with Crippen molar-refractivity contribution in [2.75, 3.05) is 19.7 Å². The van der Waals surface area contributed by atoms with E-state index in [1.54, 1.807) is 0 Å². The van der Waals surface area contributed by atoms with E-state index in [9.17, 15) is 0 Å². The van der Waals surface area contributed by atoms with Crippen molar-refractivity contribution in [3.05, 3.63) is 0 Å². The second-order valence-corrected chi connectivity index (χ2v) is 8.35. The van der Waals surface area contributed by atoms with Crippen LogP contribution in [0.1, 0.15) is 34.1 Å². The summed E-state index contributed by atoms with van der Waals surface area (Å²) in [6.07, 6.45) is 1.28. The maximum Gasteiger partial charge on any atom is 0.192 e. The number of hydrogen-bond donors (Lipinski definition) is 1. The van der Waals surface area contributed by atoms with Gasteiger partial charge in [0, 0.05) is 6.61 Å². The maximum atomic E-state index is 6.02. The predicted molar refractivity (Wildman–Crippen MR) is 66.3 cm³/mol. The van der Waals surface area contributed by atoms with E-state index in [2.05, 4.69) is 33.0 Å². The average Bonchev–Trinajstić information content (AvgIpc) is 2.23. The standard InChI is InChI=1S/C11H27NOSi/c1-5-12-10-9-11-14(7-3,8-4)13-6-2/h12H,5-11H2,1-4H3. The lowest BCUT2D eigenvalue weighted by molar-refractivity contribution is 0.318. The fraction of sp³-hybridized carbons (Fsp3) is 1.00. The summed E-state index contributed by atoms with van der Waals surface area (Å²) in [6.45, 7) is 12.0. The topological polar surface area (TPSA) is 21.3 Å². The van der Waals surface area contributed by atoms with E-state index in [4.69, 9.17) is 4.43 Å². The van der Waals surface area contributed by atoms with Gasteiger partial charge in [0.05, 0.1) is 0 Å². The third-order valence-electron chi connectivity index (χ3n) is 2.98. The van der Waals surface area contributed by atoms with Crippen molar-refractivity contribution in [1.29, 1.82) is 0 Å². The van der Waals surface area contributed by atoms with Crippen LogP contribution >= 0.6 is 0 Å². The Balaban J connectivity index is 3.82. The molecule has 0 aromatic rings. The zero-order valence-electron chi connectivity index (χ0n) is 10.4. The Labute approximate surface area is 90.6 Å². The molecule has 0 spiro atoms. The van der Waals surface area contributed by atoms with Gasteiger partial charge in [0.15, 0.2) is 8.32 Å². The largest absolute Gasteiger partial charge is 0.417 e. The van der Waals surface area contributed by atoms with Crippen molar-refractivity contribution in [2.24, 2.45) is 0 Å². The van der Waals surface area contributed by atoms with Crippen molar-refractivity contribution in [3.8, 4) is 0 Å². The Morgan fingerprint density at radius 2 is 1.71 bits per heavy atom. The maximum absolute atomic E-state index is 6.02. The summed E-state index contributed by atoms with van der Waals surface area (Å²) in [7, 11) is -1.33. The van der Waals surface area contributed by atoms with Crippen LogP contribution in [0.4, 0.5) is 0 Å². The molecule has 0 saturated heterocycles. The number of hydrogen-bond acceptors (Lipinski definition) is 2. The van der Waals surface area contributed by atoms with Crippen LogP contribution in [0.3, 0.4) is 0 Å². The van der Waals surface area contributed by atoms with Gasteiger partial charge in [-0.05, 0) is 44.6 Å². The molecule has 0 heterocycles. The lowest BCUT2D eigenvalue weighted by atomic mass is 10.5. The molecule has 0 rings (SSSR count). The Morgan fingerprint density at radius 1 is 1.07 bits per heavy atom. The normalized spacial score (nSPS) is 12.0. The van der Waals surface area contributed by atoms with Crippen molar-refractivity contribution in [1.82, 2.24) is 5.32 Å². The van der Waals surface area contributed by atoms with Gasteiger partial charge in [-0.15, -0.1) is 0 Å². The molecule has 0 aromatic carbocycles. The Hall–Kier alpha value is 0.137. The van der Waals surface area contributed by atoms with E-state index in [1.165, 1.54) is 24.6 Å². The highest BCUT2D eigenvalue weighted by molar-refractivity contribution is 6.73. The minimum atomic E-state index is -1.33. The van der Waals surface area contributed by atoms with Crippen molar-refractivity contribution < 1.29 is 4.43 Å². The van der Waals surface area contributed by atoms with Crippen LogP contribution in [-0.2, 0) is 4.43 Å². The van der Waals surface area contributed by atoms with Crippen LogP contribution < -0.4 is 5.32 Å². The van der Waals surface area contributed by atoms with Crippen LogP contribution in [0, 0.1) is 0 Å². The first-order valence-electron chi connectivity index (χ1n) is 6.09. The van der Waals surface area contributed by atoms with Gasteiger partial charge in [0.25, 0.3) is 0 Å². The van der Waals surface area contributed by atoms with E-state index in [0.717, 1.165) is 19.7 Å². The van der Waals surface area contributed by atoms with Crippen molar-refractivity contribution in [2.45, 2.75) is 52.2 Å². The van der Waals surface area contributed by atoms with Crippen LogP contribution in [0.5, 0.6) is 0 Å². The molecule has 0 amide bonds. The monoisotopic (exact) mass is 217 g/mol. The second-order valence-electron chi connectivity index (χ2n) is 3.78. The summed E-state index contributed by atoms with van der Waals surface area (Å²) < 4.78 is 6.02. The molecule has 0 fully saturated rings. The summed E-state index contributed by atoms with van der Waals surface area (Å²) in [5, 5.41) is 3.38. The lowest BCUT2D eigenvalue weighted by Crippen LogP contribution is -2.37. The van der Waals surface area contributed by atoms with E-state index >= 15 is 0 Å². The minimum absolute atomic E-state index is 0.898. The van der Waals surface area contributed by atoms with Gasteiger partial charge in [-0.1, -0.05) is 20.8 Å². The lowest BCUT2D eigenvalue weighted by Gasteiger charge is -2.28. The quantitative estimate of drug-likeness (QED) is 0.473. The molecule has 0 aliphatic carbocycles. The summed E-state index contributed by atoms with van der Waals surface area (Å²) in [6, 6.07) is 3.85. The number of rotatable bonds is 9. The van der Waals surface area contributed by atoms with Gasteiger partial charge in [-0.25, -0.2) is 0 Å². The molecule has 1 N–H and O–H groups in total. The minimum Gasteiger partial charge on any atom is -0.417 e. The molecule has 0 bridgehead atoms. The van der Waals surface area contributed by atoms with Gasteiger partial charge in [0.2, 0.25) is 0 Å². The molecule has 0 saturated carbocycles. The molecule has 0 aromatic heterocycles. The number of nitrogens with one attached hydrogen (secondary N) is 1. The van der Waals surface area contributed by atoms with E-state index in [1.807, 2.05) is 0 Å². The highest BCUT2D eigenvalue weighted by atomic mass is 28.4. The van der Waals surface area contributed by atoms with Gasteiger partial charge >= 0.3 is 0 Å². The highest BCUT2D eigenvalue weighted by Crippen LogP contribution is 2.23. The third kappa shape index (κ3) is 5.13. The van der Waals surface area contributed by atoms with E-state index in [0.29, 0.717) is 0 Å². The first kappa shape index (κ1) is 14.1. The van der Waals surface area contributed by atoms with Gasteiger partial charge in [-0.2, -0.15) is 0 Å². The van der Waals surface area contributed by atoms with Crippen LogP contribution in [0.25, 0.3) is 0 Å².